The number of hydrogen-bond acceptors (Lipinski definition) is 4. The number of amides is 2. The molecule has 1 saturated carbocycles. The van der Waals surface area contributed by atoms with Gasteiger partial charge in [-0.15, -0.1) is 0 Å². The monoisotopic (exact) mass is 559 g/mol. The van der Waals surface area contributed by atoms with E-state index in [1.165, 1.54) is 22.9 Å². The second kappa shape index (κ2) is 13.9. The van der Waals surface area contributed by atoms with Gasteiger partial charge < -0.3 is 10.2 Å². The van der Waals surface area contributed by atoms with E-state index in [0.717, 1.165) is 48.6 Å². The number of nitrogens with zero attached hydrogens (tertiary/aromatic N) is 2. The Bertz CT molecular complexity index is 1230. The zero-order valence-corrected chi connectivity index (χ0v) is 24.4. The predicted molar refractivity (Wildman–Crippen MR) is 153 cm³/mol. The molecule has 0 heterocycles. The van der Waals surface area contributed by atoms with Crippen molar-refractivity contribution in [1.29, 1.82) is 0 Å². The van der Waals surface area contributed by atoms with Crippen LogP contribution in [0.3, 0.4) is 0 Å². The van der Waals surface area contributed by atoms with E-state index < -0.39 is 16.1 Å². The lowest BCUT2D eigenvalue weighted by Gasteiger charge is -2.33. The van der Waals surface area contributed by atoms with Crippen LogP contribution in [-0.2, 0) is 26.2 Å². The summed E-state index contributed by atoms with van der Waals surface area (Å²) < 4.78 is 40.0. The van der Waals surface area contributed by atoms with Crippen LogP contribution in [0.1, 0.15) is 75.0 Å². The maximum absolute atomic E-state index is 13.6. The van der Waals surface area contributed by atoms with Crippen LogP contribution in [0.15, 0.2) is 42.5 Å². The van der Waals surface area contributed by atoms with Gasteiger partial charge in [-0.25, -0.2) is 12.8 Å². The van der Waals surface area contributed by atoms with Gasteiger partial charge >= 0.3 is 0 Å². The molecule has 0 spiro atoms. The van der Waals surface area contributed by atoms with Crippen LogP contribution >= 0.6 is 0 Å². The number of halogens is 1. The molecule has 9 heteroatoms. The summed E-state index contributed by atoms with van der Waals surface area (Å²) in [5, 5.41) is 3.15. The van der Waals surface area contributed by atoms with E-state index in [9.17, 15) is 22.4 Å². The van der Waals surface area contributed by atoms with Gasteiger partial charge in [-0.1, -0.05) is 44.4 Å². The zero-order valence-electron chi connectivity index (χ0n) is 23.6. The molecular weight excluding hydrogens is 517 g/mol. The van der Waals surface area contributed by atoms with E-state index in [-0.39, 0.29) is 43.2 Å². The summed E-state index contributed by atoms with van der Waals surface area (Å²) >= 11 is 0. The first-order valence-corrected chi connectivity index (χ1v) is 15.7. The number of benzene rings is 2. The van der Waals surface area contributed by atoms with Crippen LogP contribution in [0.4, 0.5) is 10.1 Å². The quantitative estimate of drug-likeness (QED) is 0.385. The average Bonchev–Trinajstić information content (AvgIpc) is 2.89. The second-order valence-corrected chi connectivity index (χ2v) is 12.5. The molecule has 3 rings (SSSR count). The Morgan fingerprint density at radius 2 is 1.69 bits per heavy atom. The molecule has 1 atom stereocenters. The van der Waals surface area contributed by atoms with Gasteiger partial charge in [-0.3, -0.25) is 13.9 Å². The average molecular weight is 560 g/mol. The fourth-order valence-electron chi connectivity index (χ4n) is 5.13. The van der Waals surface area contributed by atoms with Crippen molar-refractivity contribution in [1.82, 2.24) is 10.2 Å². The van der Waals surface area contributed by atoms with Gasteiger partial charge in [-0.2, -0.15) is 0 Å². The topological polar surface area (TPSA) is 86.8 Å². The molecule has 2 amide bonds. The molecule has 1 N–H and O–H groups in total. The minimum atomic E-state index is -3.56. The van der Waals surface area contributed by atoms with Crippen molar-refractivity contribution < 1.29 is 22.4 Å². The zero-order chi connectivity index (χ0) is 28.6. The third-order valence-corrected chi connectivity index (χ3v) is 8.73. The summed E-state index contributed by atoms with van der Waals surface area (Å²) in [6, 6.07) is 10.9. The Labute approximate surface area is 232 Å². The van der Waals surface area contributed by atoms with Crippen LogP contribution < -0.4 is 9.62 Å². The molecule has 0 bridgehead atoms. The molecule has 1 aliphatic carbocycles. The molecule has 0 radical (unpaired) electrons. The van der Waals surface area contributed by atoms with Crippen LogP contribution in [0.5, 0.6) is 0 Å². The van der Waals surface area contributed by atoms with Crippen LogP contribution in [0.25, 0.3) is 0 Å². The number of nitrogens with one attached hydrogen (secondary N) is 1. The van der Waals surface area contributed by atoms with Crippen molar-refractivity contribution in [3.05, 3.63) is 65.0 Å². The molecule has 2 aromatic rings. The molecule has 0 aromatic heterocycles. The fraction of sp³-hybridized carbons (Fsp3) is 0.533. The first-order chi connectivity index (χ1) is 18.5. The minimum absolute atomic E-state index is 0.0747. The van der Waals surface area contributed by atoms with Crippen molar-refractivity contribution in [2.45, 2.75) is 90.8 Å². The molecule has 214 valence electrons. The van der Waals surface area contributed by atoms with Crippen molar-refractivity contribution in [3.8, 4) is 0 Å². The van der Waals surface area contributed by atoms with E-state index in [4.69, 9.17) is 0 Å². The molecular formula is C30H42FN3O4S. The number of anilines is 1. The maximum atomic E-state index is 13.6. The van der Waals surface area contributed by atoms with Gasteiger partial charge in [-0.05, 0) is 80.5 Å². The molecule has 7 nitrogen and oxygen atoms in total. The molecule has 1 aliphatic rings. The Hall–Kier alpha value is -2.94. The number of sulfonamides is 1. The lowest BCUT2D eigenvalue weighted by molar-refractivity contribution is -0.141. The van der Waals surface area contributed by atoms with Gasteiger partial charge in [0.05, 0.1) is 11.9 Å². The predicted octanol–water partition coefficient (Wildman–Crippen LogP) is 5.25. The molecule has 0 unspecified atom stereocenters. The smallest absolute Gasteiger partial charge is 0.243 e. The van der Waals surface area contributed by atoms with Crippen molar-refractivity contribution in [2.75, 3.05) is 17.1 Å². The number of carbonyl (C=O) groups is 2. The number of rotatable bonds is 12. The molecule has 0 aliphatic heterocycles. The summed E-state index contributed by atoms with van der Waals surface area (Å²) in [4.78, 5) is 28.5. The number of aryl methyl sites for hydroxylation is 2. The van der Waals surface area contributed by atoms with E-state index >= 15 is 0 Å². The van der Waals surface area contributed by atoms with Crippen molar-refractivity contribution in [3.63, 3.8) is 0 Å². The maximum Gasteiger partial charge on any atom is 0.243 e. The summed E-state index contributed by atoms with van der Waals surface area (Å²) in [5.41, 5.74) is 3.34. The van der Waals surface area contributed by atoms with Crippen LogP contribution in [-0.4, -0.2) is 50.0 Å². The molecule has 39 heavy (non-hydrogen) atoms. The highest BCUT2D eigenvalue weighted by atomic mass is 32.2. The Balaban J connectivity index is 1.76. The molecule has 1 fully saturated rings. The highest BCUT2D eigenvalue weighted by Crippen LogP contribution is 2.23. The standard InChI is InChI=1S/C30H42FN3O4S/c1-5-28(30(36)32-26-10-7-6-8-11-26)33(21-24-14-16-25(31)17-15-24)29(35)12-9-19-34(39(4,37)38)27-18-13-22(2)23(3)20-27/h13-18,20,26,28H,5-12,19,21H2,1-4H3,(H,32,36)/t28-/m0/s1. The summed E-state index contributed by atoms with van der Waals surface area (Å²) in [7, 11) is -3.56. The second-order valence-electron chi connectivity index (χ2n) is 10.6. The Morgan fingerprint density at radius 1 is 1.03 bits per heavy atom. The third kappa shape index (κ3) is 8.78. The van der Waals surface area contributed by atoms with Crippen molar-refractivity contribution in [2.24, 2.45) is 0 Å². The summed E-state index contributed by atoms with van der Waals surface area (Å²) in [6.45, 7) is 6.08. The Kier molecular flexibility index (Phi) is 10.9. The highest BCUT2D eigenvalue weighted by molar-refractivity contribution is 7.92. The lowest BCUT2D eigenvalue weighted by atomic mass is 9.95. The Morgan fingerprint density at radius 3 is 2.28 bits per heavy atom. The summed E-state index contributed by atoms with van der Waals surface area (Å²) in [5.74, 6) is -0.780. The first kappa shape index (κ1) is 30.6. The normalized spacial score (nSPS) is 15.0. The van der Waals surface area contributed by atoms with Gasteiger partial charge in [0.15, 0.2) is 0 Å². The fourth-order valence-corrected chi connectivity index (χ4v) is 6.09. The highest BCUT2D eigenvalue weighted by Gasteiger charge is 2.30. The first-order valence-electron chi connectivity index (χ1n) is 13.9. The van der Waals surface area contributed by atoms with Gasteiger partial charge in [0.2, 0.25) is 21.8 Å². The lowest BCUT2D eigenvalue weighted by Crippen LogP contribution is -2.51. The van der Waals surface area contributed by atoms with Gasteiger partial charge in [0.1, 0.15) is 11.9 Å². The number of hydrogen-bond donors (Lipinski definition) is 1. The summed E-state index contributed by atoms with van der Waals surface area (Å²) in [6.07, 6.45) is 7.17. The molecule has 0 saturated heterocycles. The van der Waals surface area contributed by atoms with E-state index in [1.54, 1.807) is 23.1 Å². The van der Waals surface area contributed by atoms with Crippen LogP contribution in [0, 0.1) is 19.7 Å². The van der Waals surface area contributed by atoms with E-state index in [1.807, 2.05) is 32.9 Å². The SMILES string of the molecule is CC[C@@H](C(=O)NC1CCCCC1)N(Cc1ccc(F)cc1)C(=O)CCCN(c1ccc(C)c(C)c1)S(C)(=O)=O. The molecule has 2 aromatic carbocycles. The van der Waals surface area contributed by atoms with E-state index in [2.05, 4.69) is 5.32 Å². The van der Waals surface area contributed by atoms with Crippen molar-refractivity contribution >= 4 is 27.5 Å². The third-order valence-electron chi connectivity index (χ3n) is 7.53. The number of carbonyl (C=O) groups excluding carboxylic acids is 2. The largest absolute Gasteiger partial charge is 0.352 e. The van der Waals surface area contributed by atoms with Gasteiger partial charge in [0.25, 0.3) is 0 Å². The van der Waals surface area contributed by atoms with E-state index in [0.29, 0.717) is 18.5 Å². The van der Waals surface area contributed by atoms with Crippen LogP contribution in [0.2, 0.25) is 0 Å². The van der Waals surface area contributed by atoms with Gasteiger partial charge in [0, 0.05) is 25.6 Å². The minimum Gasteiger partial charge on any atom is -0.352 e.